The quantitative estimate of drug-likeness (QED) is 0.254. The molecule has 2 heterocycles. The third-order valence-corrected chi connectivity index (χ3v) is 6.52. The Morgan fingerprint density at radius 2 is 1.95 bits per heavy atom. The summed E-state index contributed by atoms with van der Waals surface area (Å²) in [4.78, 5) is 29.0. The predicted octanol–water partition coefficient (Wildman–Crippen LogP) is 2.77. The number of nitrogens with two attached hydrogens (primary N) is 1. The van der Waals surface area contributed by atoms with Crippen LogP contribution in [0.4, 0.5) is 5.69 Å². The summed E-state index contributed by atoms with van der Waals surface area (Å²) in [6.07, 6.45) is 1.79. The zero-order valence-corrected chi connectivity index (χ0v) is 20.9. The molecule has 1 aliphatic rings. The van der Waals surface area contributed by atoms with Crippen molar-refractivity contribution in [1.82, 2.24) is 14.8 Å². The highest BCUT2D eigenvalue weighted by atomic mass is 35.5. The Balaban J connectivity index is 1.52. The van der Waals surface area contributed by atoms with Crippen molar-refractivity contribution in [3.63, 3.8) is 0 Å². The predicted molar refractivity (Wildman–Crippen MR) is 141 cm³/mol. The van der Waals surface area contributed by atoms with Gasteiger partial charge in [0.1, 0.15) is 23.6 Å². The van der Waals surface area contributed by atoms with E-state index in [1.165, 1.54) is 6.20 Å². The van der Waals surface area contributed by atoms with Crippen LogP contribution in [0, 0.1) is 0 Å². The minimum Gasteiger partial charge on any atom is -0.491 e. The van der Waals surface area contributed by atoms with Crippen LogP contribution in [0.25, 0.3) is 16.9 Å². The number of nitrogens with one attached hydrogen (secondary N) is 1. The number of carbonyl (C=O) groups excluding carboxylic acids is 2. The highest BCUT2D eigenvalue weighted by Crippen LogP contribution is 2.38. The Hall–Kier alpha value is -4.25. The first kappa shape index (κ1) is 25.4. The number of anilines is 1. The summed E-state index contributed by atoms with van der Waals surface area (Å²) in [7, 11) is 0. The Labute approximate surface area is 222 Å². The molecule has 11 heteroatoms. The van der Waals surface area contributed by atoms with Gasteiger partial charge in [0.2, 0.25) is 0 Å². The van der Waals surface area contributed by atoms with Crippen molar-refractivity contribution < 1.29 is 24.5 Å². The molecule has 5 rings (SSSR count). The van der Waals surface area contributed by atoms with Gasteiger partial charge in [-0.1, -0.05) is 17.7 Å². The third-order valence-electron chi connectivity index (χ3n) is 6.22. The fraction of sp³-hybridized carbons (Fsp3) is 0.185. The lowest BCUT2D eigenvalue weighted by molar-refractivity contribution is 0.0536. The topological polar surface area (TPSA) is 153 Å². The first-order chi connectivity index (χ1) is 18.4. The van der Waals surface area contributed by atoms with Crippen LogP contribution in [0.5, 0.6) is 5.75 Å². The molecular weight excluding hydrogens is 510 g/mol. The van der Waals surface area contributed by atoms with Crippen LogP contribution in [0.1, 0.15) is 32.0 Å². The van der Waals surface area contributed by atoms with Crippen LogP contribution >= 0.6 is 11.6 Å². The molecule has 38 heavy (non-hydrogen) atoms. The molecule has 0 fully saturated rings. The molecule has 1 unspecified atom stereocenters. The van der Waals surface area contributed by atoms with Gasteiger partial charge in [0.15, 0.2) is 5.69 Å². The number of aliphatic hydroxyl groups is 2. The van der Waals surface area contributed by atoms with Crippen LogP contribution in [0.3, 0.4) is 0 Å². The summed E-state index contributed by atoms with van der Waals surface area (Å²) in [6.45, 7) is -0.449. The molecule has 2 aromatic carbocycles. The largest absolute Gasteiger partial charge is 0.491 e. The number of amides is 2. The molecular formula is C27H24ClN5O5. The summed E-state index contributed by atoms with van der Waals surface area (Å²) in [5.41, 5.74) is 10.6. The van der Waals surface area contributed by atoms with E-state index in [4.69, 9.17) is 27.2 Å². The molecule has 4 aromatic rings. The molecule has 1 atom stereocenters. The average Bonchev–Trinajstić information content (AvgIpc) is 3.33. The van der Waals surface area contributed by atoms with Gasteiger partial charge in [-0.3, -0.25) is 9.59 Å². The van der Waals surface area contributed by atoms with Crippen molar-refractivity contribution in [3.8, 4) is 22.7 Å². The molecule has 5 N–H and O–H groups in total. The first-order valence-corrected chi connectivity index (χ1v) is 12.2. The maximum absolute atomic E-state index is 12.8. The van der Waals surface area contributed by atoms with Crippen LogP contribution < -0.4 is 15.8 Å². The smallest absolute Gasteiger partial charge is 0.269 e. The lowest BCUT2D eigenvalue weighted by Gasteiger charge is -2.20. The van der Waals surface area contributed by atoms with Gasteiger partial charge in [-0.25, -0.2) is 9.67 Å². The monoisotopic (exact) mass is 533 g/mol. The number of hydrogen-bond acceptors (Lipinski definition) is 7. The number of aromatic nitrogens is 3. The van der Waals surface area contributed by atoms with E-state index in [-0.39, 0.29) is 23.0 Å². The Bertz CT molecular complexity index is 1520. The Kier molecular flexibility index (Phi) is 7.10. The van der Waals surface area contributed by atoms with E-state index in [0.29, 0.717) is 35.7 Å². The lowest BCUT2D eigenvalue weighted by Crippen LogP contribution is -2.21. The van der Waals surface area contributed by atoms with Gasteiger partial charge in [0.25, 0.3) is 11.8 Å². The van der Waals surface area contributed by atoms with Crippen molar-refractivity contribution in [2.24, 2.45) is 5.73 Å². The normalized spacial score (nSPS) is 12.8. The van der Waals surface area contributed by atoms with Crippen molar-refractivity contribution >= 4 is 29.1 Å². The van der Waals surface area contributed by atoms with Gasteiger partial charge in [0.05, 0.1) is 23.6 Å². The summed E-state index contributed by atoms with van der Waals surface area (Å²) >= 11 is 6.08. The van der Waals surface area contributed by atoms with Crippen molar-refractivity contribution in [2.75, 3.05) is 18.5 Å². The van der Waals surface area contributed by atoms with E-state index < -0.39 is 24.5 Å². The maximum atomic E-state index is 12.8. The molecule has 0 saturated heterocycles. The highest BCUT2D eigenvalue weighted by Gasteiger charge is 2.28. The molecule has 0 aliphatic heterocycles. The maximum Gasteiger partial charge on any atom is 0.269 e. The number of nitrogens with zero attached hydrogens (tertiary/aromatic N) is 3. The van der Waals surface area contributed by atoms with Gasteiger partial charge in [-0.05, 0) is 66.9 Å². The number of benzene rings is 2. The number of hydrogen-bond donors (Lipinski definition) is 4. The van der Waals surface area contributed by atoms with Gasteiger partial charge >= 0.3 is 0 Å². The number of halogens is 1. The number of primary amides is 1. The number of carbonyl (C=O) groups is 2. The zero-order valence-electron chi connectivity index (χ0n) is 20.1. The minimum absolute atomic E-state index is 0.0506. The van der Waals surface area contributed by atoms with Gasteiger partial charge in [0, 0.05) is 23.0 Å². The van der Waals surface area contributed by atoms with Crippen molar-refractivity contribution in [3.05, 3.63) is 88.3 Å². The number of fused-ring (bicyclic) bond motifs is 3. The van der Waals surface area contributed by atoms with E-state index in [1.807, 2.05) is 18.2 Å². The van der Waals surface area contributed by atoms with Crippen LogP contribution in [-0.2, 0) is 12.8 Å². The Morgan fingerprint density at radius 1 is 1.16 bits per heavy atom. The zero-order chi connectivity index (χ0) is 26.8. The van der Waals surface area contributed by atoms with E-state index in [1.54, 1.807) is 41.1 Å². The summed E-state index contributed by atoms with van der Waals surface area (Å²) in [6, 6.07) is 15.8. The summed E-state index contributed by atoms with van der Waals surface area (Å²) in [5.74, 6) is -0.527. The number of aryl methyl sites for hydroxylation is 1. The highest BCUT2D eigenvalue weighted by molar-refractivity contribution is 6.33. The molecule has 10 nitrogen and oxygen atoms in total. The van der Waals surface area contributed by atoms with Crippen molar-refractivity contribution in [2.45, 2.75) is 18.9 Å². The van der Waals surface area contributed by atoms with Crippen LogP contribution in [0.15, 0.2) is 60.8 Å². The van der Waals surface area contributed by atoms with Gasteiger partial charge in [-0.2, -0.15) is 5.10 Å². The van der Waals surface area contributed by atoms with Crippen LogP contribution in [-0.4, -0.2) is 56.1 Å². The number of ether oxygens (including phenoxy) is 1. The van der Waals surface area contributed by atoms with Crippen LogP contribution in [0.2, 0.25) is 5.15 Å². The van der Waals surface area contributed by atoms with E-state index >= 15 is 0 Å². The second-order valence-corrected chi connectivity index (χ2v) is 9.12. The third kappa shape index (κ3) is 4.97. The first-order valence-electron chi connectivity index (χ1n) is 11.8. The second kappa shape index (κ2) is 10.6. The minimum atomic E-state index is -0.980. The fourth-order valence-electron chi connectivity index (χ4n) is 4.38. The number of rotatable bonds is 8. The molecule has 0 bridgehead atoms. The standard InChI is InChI=1S/C27H24ClN5O5/c28-25-21(2-1-11-30-25)27(37)31-16-5-3-15-4-10-20-23(26(29)36)32-33(24(20)22(15)12-16)17-6-8-19(9-7-17)38-14-18(35)13-34/h1-3,5-9,11-12,18,34-35H,4,10,13-14H2,(H2,29,36)(H,31,37). The lowest BCUT2D eigenvalue weighted by atomic mass is 9.88. The molecule has 2 amide bonds. The molecule has 2 aromatic heterocycles. The average molecular weight is 534 g/mol. The van der Waals surface area contributed by atoms with E-state index in [0.717, 1.165) is 16.7 Å². The molecule has 194 valence electrons. The molecule has 0 spiro atoms. The number of pyridine rings is 1. The molecule has 0 radical (unpaired) electrons. The van der Waals surface area contributed by atoms with Crippen molar-refractivity contribution in [1.29, 1.82) is 0 Å². The molecule has 0 saturated carbocycles. The van der Waals surface area contributed by atoms with Gasteiger partial charge in [-0.15, -0.1) is 0 Å². The SMILES string of the molecule is NC(=O)c1nn(-c2ccc(OCC(O)CO)cc2)c2c1CCc1ccc(NC(=O)c3cccnc3Cl)cc1-2. The number of aliphatic hydroxyl groups excluding tert-OH is 2. The summed E-state index contributed by atoms with van der Waals surface area (Å²) in [5, 5.41) is 26.0. The molecule has 1 aliphatic carbocycles. The van der Waals surface area contributed by atoms with E-state index in [9.17, 15) is 14.7 Å². The summed E-state index contributed by atoms with van der Waals surface area (Å²) < 4.78 is 7.15. The fourth-order valence-corrected chi connectivity index (χ4v) is 4.59. The Morgan fingerprint density at radius 3 is 2.66 bits per heavy atom. The van der Waals surface area contributed by atoms with E-state index in [2.05, 4.69) is 15.4 Å². The van der Waals surface area contributed by atoms with Gasteiger partial charge < -0.3 is 26.0 Å². The second-order valence-electron chi connectivity index (χ2n) is 8.76.